The molecule has 20 heavy (non-hydrogen) atoms. The van der Waals surface area contributed by atoms with Crippen LogP contribution in [-0.2, 0) is 16.0 Å². The highest BCUT2D eigenvalue weighted by Crippen LogP contribution is 2.04. The highest BCUT2D eigenvalue weighted by atomic mass is 19.1. The number of benzene rings is 1. The van der Waals surface area contributed by atoms with Gasteiger partial charge in [-0.15, -0.1) is 0 Å². The maximum atomic E-state index is 12.9. The molecule has 5 nitrogen and oxygen atoms in total. The monoisotopic (exact) mass is 279 g/mol. The fourth-order valence-electron chi connectivity index (χ4n) is 1.89. The van der Waals surface area contributed by atoms with Crippen molar-refractivity contribution < 1.29 is 14.0 Å². The van der Waals surface area contributed by atoms with Gasteiger partial charge in [-0.05, 0) is 17.7 Å². The maximum absolute atomic E-state index is 12.9. The normalized spacial score (nSPS) is 14.4. The van der Waals surface area contributed by atoms with Crippen LogP contribution < -0.4 is 16.0 Å². The van der Waals surface area contributed by atoms with Crippen molar-refractivity contribution in [2.24, 2.45) is 5.92 Å². The lowest BCUT2D eigenvalue weighted by Gasteiger charge is -2.27. The van der Waals surface area contributed by atoms with E-state index < -0.39 is 0 Å². The zero-order chi connectivity index (χ0) is 14.4. The third-order valence-corrected chi connectivity index (χ3v) is 3.15. The number of halogens is 1. The van der Waals surface area contributed by atoms with E-state index >= 15 is 0 Å². The largest absolute Gasteiger partial charge is 0.354 e. The molecular formula is C14H18FN3O2. The third kappa shape index (κ3) is 4.62. The predicted octanol–water partition coefficient (Wildman–Crippen LogP) is -0.180. The Labute approximate surface area is 116 Å². The molecule has 2 rings (SSSR count). The minimum absolute atomic E-state index is 0.0473. The van der Waals surface area contributed by atoms with Gasteiger partial charge in [-0.2, -0.15) is 0 Å². The molecule has 1 aromatic carbocycles. The molecule has 1 heterocycles. The van der Waals surface area contributed by atoms with Crippen LogP contribution in [0.3, 0.4) is 0 Å². The summed E-state index contributed by atoms with van der Waals surface area (Å²) < 4.78 is 12.9. The molecular weight excluding hydrogens is 261 g/mol. The number of hydrogen-bond donors (Lipinski definition) is 3. The minimum Gasteiger partial charge on any atom is -0.354 e. The van der Waals surface area contributed by atoms with Gasteiger partial charge >= 0.3 is 0 Å². The number of carbonyl (C=O) groups excluding carboxylic acids is 2. The SMILES string of the molecule is O=C(CNC(=O)Cc1cccc(F)c1)NCC1CNC1. The minimum atomic E-state index is -0.373. The van der Waals surface area contributed by atoms with Crippen molar-refractivity contribution in [2.45, 2.75) is 6.42 Å². The number of amides is 2. The third-order valence-electron chi connectivity index (χ3n) is 3.15. The summed E-state index contributed by atoms with van der Waals surface area (Å²) in [5.41, 5.74) is 0.587. The Morgan fingerprint density at radius 1 is 1.25 bits per heavy atom. The molecule has 6 heteroatoms. The summed E-state index contributed by atoms with van der Waals surface area (Å²) in [6.07, 6.45) is 0.0670. The Morgan fingerprint density at radius 2 is 2.05 bits per heavy atom. The molecule has 3 N–H and O–H groups in total. The van der Waals surface area contributed by atoms with Crippen LogP contribution in [0.25, 0.3) is 0 Å². The Hall–Kier alpha value is -1.95. The van der Waals surface area contributed by atoms with Crippen LogP contribution in [0, 0.1) is 11.7 Å². The van der Waals surface area contributed by atoms with Gasteiger partial charge in [-0.3, -0.25) is 9.59 Å². The van der Waals surface area contributed by atoms with Gasteiger partial charge in [-0.25, -0.2) is 4.39 Å². The van der Waals surface area contributed by atoms with Gasteiger partial charge in [0.2, 0.25) is 11.8 Å². The summed E-state index contributed by atoms with van der Waals surface area (Å²) in [7, 11) is 0. The Balaban J connectivity index is 1.65. The van der Waals surface area contributed by atoms with E-state index in [-0.39, 0.29) is 30.6 Å². The molecule has 0 aliphatic carbocycles. The quantitative estimate of drug-likeness (QED) is 0.676. The first kappa shape index (κ1) is 14.5. The van der Waals surface area contributed by atoms with E-state index in [0.29, 0.717) is 18.0 Å². The number of nitrogens with one attached hydrogen (secondary N) is 3. The topological polar surface area (TPSA) is 70.2 Å². The Morgan fingerprint density at radius 3 is 2.70 bits per heavy atom. The average molecular weight is 279 g/mol. The molecule has 108 valence electrons. The van der Waals surface area contributed by atoms with Gasteiger partial charge in [0.25, 0.3) is 0 Å². The molecule has 0 spiro atoms. The number of carbonyl (C=O) groups is 2. The van der Waals surface area contributed by atoms with Gasteiger partial charge in [0, 0.05) is 25.6 Å². The van der Waals surface area contributed by atoms with Crippen molar-refractivity contribution in [1.82, 2.24) is 16.0 Å². The summed E-state index contributed by atoms with van der Waals surface area (Å²) in [6.45, 7) is 2.43. The van der Waals surface area contributed by atoms with Crippen LogP contribution in [0.5, 0.6) is 0 Å². The second-order valence-electron chi connectivity index (χ2n) is 4.91. The Kier molecular flexibility index (Phi) is 5.06. The fourth-order valence-corrected chi connectivity index (χ4v) is 1.89. The summed E-state index contributed by atoms with van der Waals surface area (Å²) in [5.74, 6) is -0.385. The lowest BCUT2D eigenvalue weighted by Crippen LogP contribution is -2.49. The van der Waals surface area contributed by atoms with Crippen molar-refractivity contribution in [1.29, 1.82) is 0 Å². The van der Waals surface area contributed by atoms with Gasteiger partial charge in [-0.1, -0.05) is 12.1 Å². The summed E-state index contributed by atoms with van der Waals surface area (Å²) in [4.78, 5) is 23.1. The second kappa shape index (κ2) is 7.00. The highest BCUT2D eigenvalue weighted by Gasteiger charge is 2.17. The summed E-state index contributed by atoms with van der Waals surface area (Å²) >= 11 is 0. The van der Waals surface area contributed by atoms with Gasteiger partial charge < -0.3 is 16.0 Å². The zero-order valence-corrected chi connectivity index (χ0v) is 11.1. The molecule has 0 atom stereocenters. The van der Waals surface area contributed by atoms with Crippen LogP contribution in [0.15, 0.2) is 24.3 Å². The lowest BCUT2D eigenvalue weighted by molar-refractivity contribution is -0.125. The number of hydrogen-bond acceptors (Lipinski definition) is 3. The van der Waals surface area contributed by atoms with E-state index in [1.807, 2.05) is 0 Å². The van der Waals surface area contributed by atoms with Crippen molar-refractivity contribution >= 4 is 11.8 Å². The van der Waals surface area contributed by atoms with Crippen LogP contribution in [0.4, 0.5) is 4.39 Å². The number of rotatable bonds is 6. The standard InChI is InChI=1S/C14H18FN3O2/c15-12-3-1-2-10(4-12)5-13(19)18-9-14(20)17-8-11-6-16-7-11/h1-4,11,16H,5-9H2,(H,17,20)(H,18,19). The average Bonchev–Trinajstić information content (AvgIpc) is 2.34. The first-order valence-corrected chi connectivity index (χ1v) is 6.62. The summed E-state index contributed by atoms with van der Waals surface area (Å²) in [6, 6.07) is 5.86. The lowest BCUT2D eigenvalue weighted by atomic mass is 10.0. The van der Waals surface area contributed by atoms with Crippen molar-refractivity contribution in [3.63, 3.8) is 0 Å². The smallest absolute Gasteiger partial charge is 0.239 e. The molecule has 0 bridgehead atoms. The molecule has 0 unspecified atom stereocenters. The zero-order valence-electron chi connectivity index (χ0n) is 11.1. The van der Waals surface area contributed by atoms with Crippen LogP contribution in [0.1, 0.15) is 5.56 Å². The van der Waals surface area contributed by atoms with Gasteiger partial charge in [0.05, 0.1) is 13.0 Å². The first-order valence-electron chi connectivity index (χ1n) is 6.62. The van der Waals surface area contributed by atoms with Crippen molar-refractivity contribution in [2.75, 3.05) is 26.2 Å². The van der Waals surface area contributed by atoms with Crippen molar-refractivity contribution in [3.8, 4) is 0 Å². The molecule has 2 amide bonds. The molecule has 1 fully saturated rings. The first-order chi connectivity index (χ1) is 9.63. The molecule has 0 saturated carbocycles. The van der Waals surface area contributed by atoms with E-state index in [1.54, 1.807) is 12.1 Å². The van der Waals surface area contributed by atoms with Gasteiger partial charge in [0.1, 0.15) is 5.82 Å². The van der Waals surface area contributed by atoms with Crippen LogP contribution in [-0.4, -0.2) is 38.0 Å². The van der Waals surface area contributed by atoms with Crippen LogP contribution >= 0.6 is 0 Å². The highest BCUT2D eigenvalue weighted by molar-refractivity contribution is 5.85. The Bertz CT molecular complexity index is 489. The van der Waals surface area contributed by atoms with Crippen molar-refractivity contribution in [3.05, 3.63) is 35.6 Å². The fraction of sp³-hybridized carbons (Fsp3) is 0.429. The van der Waals surface area contributed by atoms with Crippen LogP contribution in [0.2, 0.25) is 0 Å². The molecule has 0 radical (unpaired) electrons. The van der Waals surface area contributed by atoms with E-state index in [9.17, 15) is 14.0 Å². The molecule has 1 aliphatic heterocycles. The van der Waals surface area contributed by atoms with E-state index in [2.05, 4.69) is 16.0 Å². The maximum Gasteiger partial charge on any atom is 0.239 e. The van der Waals surface area contributed by atoms with E-state index in [0.717, 1.165) is 13.1 Å². The summed E-state index contributed by atoms with van der Waals surface area (Å²) in [5, 5.41) is 8.40. The van der Waals surface area contributed by atoms with Gasteiger partial charge in [0.15, 0.2) is 0 Å². The molecule has 1 aromatic rings. The van der Waals surface area contributed by atoms with E-state index in [1.165, 1.54) is 12.1 Å². The molecule has 1 saturated heterocycles. The van der Waals surface area contributed by atoms with E-state index in [4.69, 9.17) is 0 Å². The second-order valence-corrected chi connectivity index (χ2v) is 4.91. The molecule has 0 aromatic heterocycles. The molecule has 1 aliphatic rings. The predicted molar refractivity (Wildman–Crippen MR) is 72.5 cm³/mol.